The summed E-state index contributed by atoms with van der Waals surface area (Å²) in [5.74, 6) is 0. The second-order valence-corrected chi connectivity index (χ2v) is 6.43. The van der Waals surface area contributed by atoms with E-state index in [1.54, 1.807) is 0 Å². The number of hydrogen-bond acceptors (Lipinski definition) is 0. The molecule has 0 amide bonds. The van der Waals surface area contributed by atoms with Crippen LogP contribution in [0.15, 0.2) is 18.2 Å². The first-order chi connectivity index (χ1) is 8.74. The van der Waals surface area contributed by atoms with Crippen molar-refractivity contribution in [2.75, 3.05) is 13.1 Å². The van der Waals surface area contributed by atoms with Crippen molar-refractivity contribution in [1.82, 2.24) is 0 Å². The van der Waals surface area contributed by atoms with Crippen LogP contribution in [0.5, 0.6) is 0 Å². The Kier molecular flexibility index (Phi) is 4.38. The molecule has 19 heavy (non-hydrogen) atoms. The lowest BCUT2D eigenvalue weighted by Gasteiger charge is -2.26. The van der Waals surface area contributed by atoms with Gasteiger partial charge in [-0.25, -0.2) is 13.1 Å². The minimum absolute atomic E-state index is 0.140. The van der Waals surface area contributed by atoms with Crippen LogP contribution in [-0.2, 0) is 10.8 Å². The molecule has 0 fully saturated rings. The highest BCUT2D eigenvalue weighted by Gasteiger charge is 2.30. The largest absolute Gasteiger partial charge is 0.316 e. The molecule has 1 aromatic rings. The van der Waals surface area contributed by atoms with E-state index in [0.717, 1.165) is 0 Å². The molecule has 1 aromatic carbocycles. The second-order valence-electron chi connectivity index (χ2n) is 6.43. The summed E-state index contributed by atoms with van der Waals surface area (Å²) in [7, 11) is 0. The Morgan fingerprint density at radius 1 is 0.947 bits per heavy atom. The zero-order valence-corrected chi connectivity index (χ0v) is 12.5. The fraction of sp³-hybridized carbons (Fsp3) is 0.529. The van der Waals surface area contributed by atoms with E-state index < -0.39 is 0 Å². The van der Waals surface area contributed by atoms with E-state index in [1.807, 2.05) is 0 Å². The first-order valence-electron chi connectivity index (χ1n) is 6.52. The molecule has 0 heterocycles. The third kappa shape index (κ3) is 3.36. The molecule has 1 rings (SSSR count). The van der Waals surface area contributed by atoms with Crippen molar-refractivity contribution in [3.63, 3.8) is 0 Å². The first-order valence-corrected chi connectivity index (χ1v) is 6.52. The van der Waals surface area contributed by atoms with Gasteiger partial charge in [-0.1, -0.05) is 18.2 Å². The van der Waals surface area contributed by atoms with Crippen molar-refractivity contribution < 1.29 is 0 Å². The van der Waals surface area contributed by atoms with E-state index in [-0.39, 0.29) is 10.8 Å². The quantitative estimate of drug-likeness (QED) is 0.705. The SMILES string of the molecule is [C-]#[N+]CC(C)(C)c1ccc(C)c(C(C)(C)C[N+]#[C-])c1. The third-order valence-corrected chi connectivity index (χ3v) is 3.70. The smallest absolute Gasteiger partial charge is 0.223 e. The molecule has 0 spiro atoms. The highest BCUT2D eigenvalue weighted by molar-refractivity contribution is 5.40. The van der Waals surface area contributed by atoms with Gasteiger partial charge < -0.3 is 9.69 Å². The molecule has 100 valence electrons. The lowest BCUT2D eigenvalue weighted by atomic mass is 9.77. The molecule has 0 atom stereocenters. The van der Waals surface area contributed by atoms with Crippen LogP contribution in [-0.4, -0.2) is 13.1 Å². The minimum atomic E-state index is -0.143. The molecule has 0 aromatic heterocycles. The Bertz CT molecular complexity index is 539. The first kappa shape index (κ1) is 15.3. The fourth-order valence-corrected chi connectivity index (χ4v) is 2.34. The molecule has 0 bridgehead atoms. The number of nitrogens with zero attached hydrogens (tertiary/aromatic N) is 2. The highest BCUT2D eigenvalue weighted by Crippen LogP contribution is 2.32. The maximum atomic E-state index is 7.11. The Morgan fingerprint density at radius 2 is 1.47 bits per heavy atom. The van der Waals surface area contributed by atoms with Crippen LogP contribution in [0.4, 0.5) is 0 Å². The number of hydrogen-bond donors (Lipinski definition) is 0. The average Bonchev–Trinajstić information content (AvgIpc) is 2.28. The van der Waals surface area contributed by atoms with Crippen molar-refractivity contribution in [2.45, 2.75) is 45.4 Å². The predicted molar refractivity (Wildman–Crippen MR) is 80.2 cm³/mol. The van der Waals surface area contributed by atoms with Crippen molar-refractivity contribution in [3.8, 4) is 0 Å². The Morgan fingerprint density at radius 3 is 2.00 bits per heavy atom. The molecule has 0 unspecified atom stereocenters. The molecular weight excluding hydrogens is 232 g/mol. The Labute approximate surface area is 117 Å². The minimum Gasteiger partial charge on any atom is -0.316 e. The summed E-state index contributed by atoms with van der Waals surface area (Å²) in [5.41, 5.74) is 3.34. The summed E-state index contributed by atoms with van der Waals surface area (Å²) in [6.45, 7) is 25.7. The van der Waals surface area contributed by atoms with Crippen LogP contribution in [0.2, 0.25) is 0 Å². The van der Waals surface area contributed by atoms with Crippen molar-refractivity contribution >= 4 is 0 Å². The van der Waals surface area contributed by atoms with Gasteiger partial charge in [0, 0.05) is 0 Å². The second kappa shape index (κ2) is 5.45. The van der Waals surface area contributed by atoms with Gasteiger partial charge in [-0.05, 0) is 51.3 Å². The van der Waals surface area contributed by atoms with Gasteiger partial charge in [0.25, 0.3) is 0 Å². The normalized spacial score (nSPS) is 11.7. The number of benzene rings is 1. The summed E-state index contributed by atoms with van der Waals surface area (Å²) in [4.78, 5) is 7.09. The summed E-state index contributed by atoms with van der Waals surface area (Å²) in [6.07, 6.45) is 0. The maximum Gasteiger partial charge on any atom is 0.223 e. The Hall–Kier alpha value is -1.80. The van der Waals surface area contributed by atoms with Crippen LogP contribution < -0.4 is 0 Å². The van der Waals surface area contributed by atoms with E-state index in [0.29, 0.717) is 13.1 Å². The maximum absolute atomic E-state index is 7.11. The molecule has 0 saturated carbocycles. The lowest BCUT2D eigenvalue weighted by Crippen LogP contribution is -2.25. The molecule has 0 radical (unpaired) electrons. The zero-order chi connectivity index (χ0) is 14.7. The van der Waals surface area contributed by atoms with Gasteiger partial charge in [-0.15, -0.1) is 0 Å². The van der Waals surface area contributed by atoms with E-state index in [4.69, 9.17) is 13.1 Å². The van der Waals surface area contributed by atoms with Gasteiger partial charge in [0.05, 0.1) is 10.8 Å². The molecule has 2 nitrogen and oxygen atoms in total. The monoisotopic (exact) mass is 254 g/mol. The van der Waals surface area contributed by atoms with E-state index in [2.05, 4.69) is 62.5 Å². The molecule has 2 heteroatoms. The molecule has 0 aliphatic carbocycles. The van der Waals surface area contributed by atoms with Crippen molar-refractivity contribution in [3.05, 3.63) is 57.7 Å². The van der Waals surface area contributed by atoms with Crippen molar-refractivity contribution in [2.24, 2.45) is 0 Å². The van der Waals surface area contributed by atoms with Crippen LogP contribution in [0.25, 0.3) is 9.69 Å². The van der Waals surface area contributed by atoms with Gasteiger partial charge in [-0.3, -0.25) is 0 Å². The highest BCUT2D eigenvalue weighted by atomic mass is 14.7. The number of rotatable bonds is 4. The van der Waals surface area contributed by atoms with E-state index in [9.17, 15) is 0 Å². The van der Waals surface area contributed by atoms with Crippen LogP contribution in [0.3, 0.4) is 0 Å². The van der Waals surface area contributed by atoms with Crippen LogP contribution >= 0.6 is 0 Å². The fourth-order valence-electron chi connectivity index (χ4n) is 2.34. The Balaban J connectivity index is 3.30. The molecular formula is C17H22N2. The third-order valence-electron chi connectivity index (χ3n) is 3.70. The zero-order valence-electron chi connectivity index (χ0n) is 12.5. The molecule has 0 aliphatic heterocycles. The van der Waals surface area contributed by atoms with Gasteiger partial charge in [0.15, 0.2) is 0 Å². The topological polar surface area (TPSA) is 8.72 Å². The van der Waals surface area contributed by atoms with E-state index >= 15 is 0 Å². The van der Waals surface area contributed by atoms with Crippen molar-refractivity contribution in [1.29, 1.82) is 0 Å². The van der Waals surface area contributed by atoms with Crippen LogP contribution in [0.1, 0.15) is 44.4 Å². The summed E-state index contributed by atoms with van der Waals surface area (Å²) in [5, 5.41) is 0. The van der Waals surface area contributed by atoms with Crippen LogP contribution in [0, 0.1) is 20.1 Å². The number of aryl methyl sites for hydroxylation is 1. The average molecular weight is 254 g/mol. The standard InChI is InChI=1S/C17H22N2/c1-13-8-9-14(16(2,3)11-18-6)10-15(13)17(4,5)12-19-7/h8-10H,11-12H2,1-5H3. The molecule has 0 N–H and O–H groups in total. The lowest BCUT2D eigenvalue weighted by molar-refractivity contribution is 0.549. The molecule has 0 saturated heterocycles. The summed E-state index contributed by atoms with van der Waals surface area (Å²) < 4.78 is 0. The van der Waals surface area contributed by atoms with Gasteiger partial charge >= 0.3 is 0 Å². The van der Waals surface area contributed by atoms with Gasteiger partial charge in [0.2, 0.25) is 13.1 Å². The summed E-state index contributed by atoms with van der Waals surface area (Å²) >= 11 is 0. The molecule has 0 aliphatic rings. The predicted octanol–water partition coefficient (Wildman–Crippen LogP) is 4.39. The van der Waals surface area contributed by atoms with Gasteiger partial charge in [0.1, 0.15) is 0 Å². The summed E-state index contributed by atoms with van der Waals surface area (Å²) in [6, 6.07) is 6.41. The van der Waals surface area contributed by atoms with E-state index in [1.165, 1.54) is 16.7 Å². The van der Waals surface area contributed by atoms with Gasteiger partial charge in [-0.2, -0.15) is 0 Å².